The Morgan fingerprint density at radius 3 is 1.18 bits per heavy atom. The molecular weight excluding hydrogens is 554 g/mol. The van der Waals surface area contributed by atoms with Gasteiger partial charge in [-0.15, -0.1) is 0 Å². The van der Waals surface area contributed by atoms with Gasteiger partial charge >= 0.3 is 0 Å². The molecule has 1 amide bonds. The number of aliphatic hydroxyl groups is 2. The molecule has 2 N–H and O–H groups in total. The molecule has 45 heavy (non-hydrogen) atoms. The van der Waals surface area contributed by atoms with E-state index in [2.05, 4.69) is 34.6 Å². The van der Waals surface area contributed by atoms with Gasteiger partial charge in [0, 0.05) is 18.0 Å². The molecule has 0 aromatic heterocycles. The van der Waals surface area contributed by atoms with Gasteiger partial charge in [-0.3, -0.25) is 4.79 Å². The molecule has 3 unspecified atom stereocenters. The van der Waals surface area contributed by atoms with Crippen LogP contribution >= 0.6 is 0 Å². The first-order chi connectivity index (χ1) is 21.9. The third kappa shape index (κ3) is 23.4. The van der Waals surface area contributed by atoms with Crippen molar-refractivity contribution in [3.8, 4) is 0 Å². The first-order valence-corrected chi connectivity index (χ1v) is 20.5. The average molecular weight is 638 g/mol. The smallest absolute Gasteiger partial charge is 0.229 e. The van der Waals surface area contributed by atoms with Crippen LogP contribution in [0.3, 0.4) is 0 Å². The van der Waals surface area contributed by atoms with Gasteiger partial charge in [-0.2, -0.15) is 0 Å². The molecule has 0 aliphatic carbocycles. The predicted molar refractivity (Wildman–Crippen MR) is 198 cm³/mol. The van der Waals surface area contributed by atoms with Gasteiger partial charge in [0.15, 0.2) is 0 Å². The summed E-state index contributed by atoms with van der Waals surface area (Å²) >= 11 is 0. The van der Waals surface area contributed by atoms with Crippen LogP contribution < -0.4 is 0 Å². The highest BCUT2D eigenvalue weighted by Crippen LogP contribution is 2.40. The van der Waals surface area contributed by atoms with Crippen molar-refractivity contribution in [3.05, 3.63) is 0 Å². The fraction of sp³-hybridized carbons (Fsp3) is 0.976. The zero-order chi connectivity index (χ0) is 33.4. The molecule has 3 atom stereocenters. The van der Waals surface area contributed by atoms with E-state index in [4.69, 9.17) is 0 Å². The van der Waals surface area contributed by atoms with Crippen molar-refractivity contribution < 1.29 is 15.0 Å². The normalized spacial score (nSPS) is 14.4. The van der Waals surface area contributed by atoms with Crippen molar-refractivity contribution in [1.82, 2.24) is 4.90 Å². The highest BCUT2D eigenvalue weighted by Gasteiger charge is 2.41. The van der Waals surface area contributed by atoms with E-state index in [1.165, 1.54) is 141 Å². The number of carbonyl (C=O) groups is 1. The molecule has 0 aliphatic rings. The van der Waals surface area contributed by atoms with E-state index in [0.29, 0.717) is 0 Å². The molecule has 0 aliphatic heterocycles. The minimum atomic E-state index is -0.869. The Morgan fingerprint density at radius 2 is 0.844 bits per heavy atom. The molecule has 0 rings (SSSR count). The maximum Gasteiger partial charge on any atom is 0.229 e. The van der Waals surface area contributed by atoms with Gasteiger partial charge in [-0.05, 0) is 32.6 Å². The Labute approximate surface area is 283 Å². The SMILES string of the molecule is CCCCCCCCCCCCCCCCCCC(CCCCC)(CCCCCCCC)C(=O)N(CC(O)CO)C(C)CCC. The number of unbranched alkanes of at least 4 members (excludes halogenated alkanes) is 22. The lowest BCUT2D eigenvalue weighted by molar-refractivity contribution is -0.148. The van der Waals surface area contributed by atoms with E-state index in [1.54, 1.807) is 0 Å². The fourth-order valence-electron chi connectivity index (χ4n) is 7.29. The summed E-state index contributed by atoms with van der Waals surface area (Å²) in [6.07, 6.45) is 36.8. The number of nitrogens with zero attached hydrogens (tertiary/aromatic N) is 1. The number of hydrogen-bond acceptors (Lipinski definition) is 3. The van der Waals surface area contributed by atoms with Gasteiger partial charge in [-0.1, -0.05) is 195 Å². The Morgan fingerprint density at radius 1 is 0.533 bits per heavy atom. The van der Waals surface area contributed by atoms with Crippen molar-refractivity contribution in [2.24, 2.45) is 5.41 Å². The van der Waals surface area contributed by atoms with Gasteiger partial charge in [0.1, 0.15) is 0 Å². The minimum Gasteiger partial charge on any atom is -0.394 e. The molecule has 0 fully saturated rings. The first-order valence-electron chi connectivity index (χ1n) is 20.5. The standard InChI is InChI=1S/C41H83NO3/c1-6-10-13-15-17-18-19-20-21-22-23-24-25-26-28-31-35-41(33-29-12-8-3,34-30-27-16-14-11-7-2)40(45)42(36-39(44)37-43)38(5)32-9-4/h38-39,43-44H,6-37H2,1-5H3. The number of amides is 1. The van der Waals surface area contributed by atoms with E-state index < -0.39 is 6.10 Å². The number of rotatable bonds is 35. The number of aliphatic hydroxyl groups excluding tert-OH is 2. The summed E-state index contributed by atoms with van der Waals surface area (Å²) in [5, 5.41) is 20.1. The van der Waals surface area contributed by atoms with Crippen LogP contribution in [0, 0.1) is 5.41 Å². The maximum absolute atomic E-state index is 14.6. The molecule has 4 heteroatoms. The fourth-order valence-corrected chi connectivity index (χ4v) is 7.29. The van der Waals surface area contributed by atoms with Crippen LogP contribution in [0.4, 0.5) is 0 Å². The molecule has 0 saturated carbocycles. The molecule has 0 radical (unpaired) electrons. The topological polar surface area (TPSA) is 60.8 Å². The van der Waals surface area contributed by atoms with Crippen molar-refractivity contribution in [3.63, 3.8) is 0 Å². The third-order valence-electron chi connectivity index (χ3n) is 10.3. The Kier molecular flexibility index (Phi) is 31.5. The van der Waals surface area contributed by atoms with Gasteiger partial charge in [-0.25, -0.2) is 0 Å². The summed E-state index contributed by atoms with van der Waals surface area (Å²) in [6.45, 7) is 11.1. The van der Waals surface area contributed by atoms with Crippen LogP contribution in [0.1, 0.15) is 227 Å². The van der Waals surface area contributed by atoms with Crippen LogP contribution in [-0.2, 0) is 4.79 Å². The van der Waals surface area contributed by atoms with Gasteiger partial charge in [0.25, 0.3) is 0 Å². The highest BCUT2D eigenvalue weighted by molar-refractivity contribution is 5.83. The van der Waals surface area contributed by atoms with Gasteiger partial charge in [0.05, 0.1) is 12.7 Å². The molecule has 0 saturated heterocycles. The van der Waals surface area contributed by atoms with Gasteiger partial charge in [0.2, 0.25) is 5.91 Å². The molecule has 0 heterocycles. The average Bonchev–Trinajstić information content (AvgIpc) is 3.04. The van der Waals surface area contributed by atoms with Crippen LogP contribution in [-0.4, -0.2) is 46.3 Å². The zero-order valence-electron chi connectivity index (χ0n) is 31.5. The lowest BCUT2D eigenvalue weighted by atomic mass is 9.72. The summed E-state index contributed by atoms with van der Waals surface area (Å²) in [5.41, 5.74) is -0.326. The van der Waals surface area contributed by atoms with E-state index in [9.17, 15) is 15.0 Å². The Hall–Kier alpha value is -0.610. The van der Waals surface area contributed by atoms with Crippen molar-refractivity contribution in [2.75, 3.05) is 13.2 Å². The van der Waals surface area contributed by atoms with E-state index >= 15 is 0 Å². The summed E-state index contributed by atoms with van der Waals surface area (Å²) in [6, 6.07) is 0.0876. The molecule has 4 nitrogen and oxygen atoms in total. The molecule has 0 aromatic carbocycles. The second kappa shape index (κ2) is 32.0. The summed E-state index contributed by atoms with van der Waals surface area (Å²) < 4.78 is 0. The monoisotopic (exact) mass is 638 g/mol. The Bertz CT molecular complexity index is 626. The summed E-state index contributed by atoms with van der Waals surface area (Å²) in [7, 11) is 0. The summed E-state index contributed by atoms with van der Waals surface area (Å²) in [4.78, 5) is 16.6. The minimum absolute atomic E-state index is 0.0876. The largest absolute Gasteiger partial charge is 0.394 e. The summed E-state index contributed by atoms with van der Waals surface area (Å²) in [5.74, 6) is 0.265. The van der Waals surface area contributed by atoms with E-state index in [1.807, 2.05) is 4.90 Å². The second-order valence-electron chi connectivity index (χ2n) is 14.7. The van der Waals surface area contributed by atoms with Crippen molar-refractivity contribution in [1.29, 1.82) is 0 Å². The first kappa shape index (κ1) is 44.4. The quantitative estimate of drug-likeness (QED) is 0.0680. The lowest BCUT2D eigenvalue weighted by Crippen LogP contribution is -2.51. The van der Waals surface area contributed by atoms with Crippen LogP contribution in [0.2, 0.25) is 0 Å². The van der Waals surface area contributed by atoms with Crippen molar-refractivity contribution >= 4 is 5.91 Å². The van der Waals surface area contributed by atoms with E-state index in [0.717, 1.165) is 51.4 Å². The Balaban J connectivity index is 5.04. The molecular formula is C41H83NO3. The third-order valence-corrected chi connectivity index (χ3v) is 10.3. The zero-order valence-corrected chi connectivity index (χ0v) is 31.5. The second-order valence-corrected chi connectivity index (χ2v) is 14.7. The number of carbonyl (C=O) groups excluding carboxylic acids is 1. The number of hydrogen-bond donors (Lipinski definition) is 2. The van der Waals surface area contributed by atoms with Crippen LogP contribution in [0.25, 0.3) is 0 Å². The van der Waals surface area contributed by atoms with Crippen LogP contribution in [0.5, 0.6) is 0 Å². The molecule has 0 aromatic rings. The van der Waals surface area contributed by atoms with E-state index in [-0.39, 0.29) is 30.5 Å². The predicted octanol–water partition coefficient (Wildman–Crippen LogP) is 12.3. The van der Waals surface area contributed by atoms with Crippen LogP contribution in [0.15, 0.2) is 0 Å². The molecule has 0 spiro atoms. The maximum atomic E-state index is 14.6. The van der Waals surface area contributed by atoms with Crippen molar-refractivity contribution in [2.45, 2.75) is 239 Å². The molecule has 270 valence electrons. The molecule has 0 bridgehead atoms. The highest BCUT2D eigenvalue weighted by atomic mass is 16.3. The van der Waals surface area contributed by atoms with Gasteiger partial charge < -0.3 is 15.1 Å². The lowest BCUT2D eigenvalue weighted by Gasteiger charge is -2.41.